The average Bonchev–Trinajstić information content (AvgIpc) is 2.41. The van der Waals surface area contributed by atoms with Crippen LogP contribution >= 0.6 is 15.9 Å². The van der Waals surface area contributed by atoms with Crippen molar-refractivity contribution >= 4 is 21.7 Å². The van der Waals surface area contributed by atoms with Crippen LogP contribution in [-0.4, -0.2) is 10.8 Å². The highest BCUT2D eigenvalue weighted by molar-refractivity contribution is 9.10. The third-order valence-electron chi connectivity index (χ3n) is 2.79. The molecule has 0 radical (unpaired) electrons. The van der Waals surface area contributed by atoms with E-state index in [4.69, 9.17) is 0 Å². The van der Waals surface area contributed by atoms with Gasteiger partial charge in [-0.05, 0) is 36.2 Å². The van der Waals surface area contributed by atoms with Gasteiger partial charge in [-0.2, -0.15) is 0 Å². The Morgan fingerprint density at radius 2 is 2.11 bits per heavy atom. The van der Waals surface area contributed by atoms with Gasteiger partial charge in [-0.3, -0.25) is 9.78 Å². The van der Waals surface area contributed by atoms with Crippen molar-refractivity contribution < 1.29 is 9.18 Å². The van der Waals surface area contributed by atoms with Gasteiger partial charge in [-0.15, -0.1) is 0 Å². The summed E-state index contributed by atoms with van der Waals surface area (Å²) in [6, 6.07) is 10.0. The molecule has 2 nitrogen and oxygen atoms in total. The fourth-order valence-electron chi connectivity index (χ4n) is 1.78. The number of carbonyl (C=O) groups is 1. The molecule has 0 atom stereocenters. The minimum Gasteiger partial charge on any atom is -0.299 e. The van der Waals surface area contributed by atoms with Crippen molar-refractivity contribution in [2.45, 2.75) is 19.3 Å². The number of ketones is 1. The summed E-state index contributed by atoms with van der Waals surface area (Å²) in [5, 5.41) is 0. The number of benzene rings is 1. The molecule has 1 heterocycles. The fraction of sp³-hybridized carbons (Fsp3) is 0.200. The summed E-state index contributed by atoms with van der Waals surface area (Å²) in [6.07, 6.45) is 3.11. The number of aromatic nitrogens is 1. The van der Waals surface area contributed by atoms with Crippen molar-refractivity contribution in [3.05, 3.63) is 64.1 Å². The van der Waals surface area contributed by atoms with Gasteiger partial charge in [0, 0.05) is 29.2 Å². The van der Waals surface area contributed by atoms with E-state index in [1.165, 1.54) is 12.1 Å². The van der Waals surface area contributed by atoms with Gasteiger partial charge in [0.25, 0.3) is 0 Å². The number of aryl methyl sites for hydroxylation is 1. The molecule has 98 valence electrons. The molecule has 4 heteroatoms. The Kier molecular flexibility index (Phi) is 4.80. The van der Waals surface area contributed by atoms with Crippen LogP contribution in [-0.2, 0) is 17.6 Å². The first-order valence-corrected chi connectivity index (χ1v) is 6.80. The van der Waals surface area contributed by atoms with E-state index >= 15 is 0 Å². The van der Waals surface area contributed by atoms with Gasteiger partial charge in [-0.1, -0.05) is 28.1 Å². The van der Waals surface area contributed by atoms with E-state index in [1.807, 2.05) is 18.2 Å². The average molecular weight is 322 g/mol. The summed E-state index contributed by atoms with van der Waals surface area (Å²) in [5.74, 6) is -0.186. The highest BCUT2D eigenvalue weighted by Crippen LogP contribution is 2.19. The van der Waals surface area contributed by atoms with Gasteiger partial charge < -0.3 is 0 Å². The molecule has 0 saturated heterocycles. The molecule has 2 rings (SSSR count). The van der Waals surface area contributed by atoms with Gasteiger partial charge in [-0.25, -0.2) is 4.39 Å². The summed E-state index contributed by atoms with van der Waals surface area (Å²) < 4.78 is 13.6. The topological polar surface area (TPSA) is 30.0 Å². The van der Waals surface area contributed by atoms with E-state index in [0.29, 0.717) is 23.7 Å². The molecule has 0 spiro atoms. The lowest BCUT2D eigenvalue weighted by molar-refractivity contribution is -0.118. The van der Waals surface area contributed by atoms with Crippen LogP contribution in [0.3, 0.4) is 0 Å². The van der Waals surface area contributed by atoms with Crippen molar-refractivity contribution in [3.8, 4) is 0 Å². The number of carbonyl (C=O) groups excluding carboxylic acids is 1. The Hall–Kier alpha value is -1.55. The number of pyridine rings is 1. The molecule has 0 amide bonds. The lowest BCUT2D eigenvalue weighted by atomic mass is 10.0. The second-order valence-electron chi connectivity index (χ2n) is 4.27. The quantitative estimate of drug-likeness (QED) is 0.840. The lowest BCUT2D eigenvalue weighted by Crippen LogP contribution is -2.05. The van der Waals surface area contributed by atoms with Crippen LogP contribution in [0.2, 0.25) is 0 Å². The van der Waals surface area contributed by atoms with E-state index in [-0.39, 0.29) is 11.6 Å². The van der Waals surface area contributed by atoms with E-state index in [9.17, 15) is 9.18 Å². The molecule has 0 saturated carbocycles. The summed E-state index contributed by atoms with van der Waals surface area (Å²) in [5.41, 5.74) is 1.72. The van der Waals surface area contributed by atoms with Crippen LogP contribution in [0.15, 0.2) is 47.1 Å². The molecule has 2 aromatic rings. The summed E-state index contributed by atoms with van der Waals surface area (Å²) in [7, 11) is 0. The molecule has 1 aromatic carbocycles. The van der Waals surface area contributed by atoms with E-state index in [1.54, 1.807) is 12.3 Å². The first-order chi connectivity index (χ1) is 9.15. The first-order valence-electron chi connectivity index (χ1n) is 6.00. The van der Waals surface area contributed by atoms with Gasteiger partial charge >= 0.3 is 0 Å². The van der Waals surface area contributed by atoms with Gasteiger partial charge in [0.05, 0.1) is 0 Å². The third kappa shape index (κ3) is 4.24. The highest BCUT2D eigenvalue weighted by atomic mass is 79.9. The molecule has 0 aliphatic rings. The van der Waals surface area contributed by atoms with Crippen LogP contribution in [0.5, 0.6) is 0 Å². The zero-order valence-corrected chi connectivity index (χ0v) is 11.9. The van der Waals surface area contributed by atoms with Crippen LogP contribution in [0.25, 0.3) is 0 Å². The van der Waals surface area contributed by atoms with Crippen molar-refractivity contribution in [2.24, 2.45) is 0 Å². The Balaban J connectivity index is 1.91. The number of hydrogen-bond acceptors (Lipinski definition) is 2. The van der Waals surface area contributed by atoms with Crippen LogP contribution in [0.4, 0.5) is 4.39 Å². The number of halogens is 2. The maximum atomic E-state index is 12.9. The molecular formula is C15H13BrFNO. The van der Waals surface area contributed by atoms with Crippen LogP contribution < -0.4 is 0 Å². The zero-order chi connectivity index (χ0) is 13.7. The SMILES string of the molecule is O=C(CCc1ccccn1)Cc1ccc(F)cc1Br. The monoisotopic (exact) mass is 321 g/mol. The van der Waals surface area contributed by atoms with Crippen molar-refractivity contribution in [1.29, 1.82) is 0 Å². The van der Waals surface area contributed by atoms with Crippen molar-refractivity contribution in [2.75, 3.05) is 0 Å². The van der Waals surface area contributed by atoms with Gasteiger partial charge in [0.1, 0.15) is 11.6 Å². The Morgan fingerprint density at radius 3 is 2.79 bits per heavy atom. The molecular weight excluding hydrogens is 309 g/mol. The van der Waals surface area contributed by atoms with E-state index < -0.39 is 0 Å². The number of rotatable bonds is 5. The Labute approximate surface area is 119 Å². The van der Waals surface area contributed by atoms with Crippen molar-refractivity contribution in [3.63, 3.8) is 0 Å². The smallest absolute Gasteiger partial charge is 0.137 e. The summed E-state index contributed by atoms with van der Waals surface area (Å²) in [6.45, 7) is 0. The fourth-order valence-corrected chi connectivity index (χ4v) is 2.27. The minimum absolute atomic E-state index is 0.123. The lowest BCUT2D eigenvalue weighted by Gasteiger charge is -2.04. The molecule has 0 aliphatic carbocycles. The van der Waals surface area contributed by atoms with E-state index in [0.717, 1.165) is 11.3 Å². The first kappa shape index (κ1) is 13.9. The molecule has 0 N–H and O–H groups in total. The number of hydrogen-bond donors (Lipinski definition) is 0. The second-order valence-corrected chi connectivity index (χ2v) is 5.13. The summed E-state index contributed by atoms with van der Waals surface area (Å²) >= 11 is 3.27. The molecule has 0 aliphatic heterocycles. The zero-order valence-electron chi connectivity index (χ0n) is 10.3. The van der Waals surface area contributed by atoms with Crippen molar-refractivity contribution in [1.82, 2.24) is 4.98 Å². The standard InChI is InChI=1S/C15H13BrFNO/c16-15-10-12(17)5-4-11(15)9-14(19)7-6-13-3-1-2-8-18-13/h1-5,8,10H,6-7,9H2. The van der Waals surface area contributed by atoms with Gasteiger partial charge in [0.2, 0.25) is 0 Å². The molecule has 1 aromatic heterocycles. The predicted octanol–water partition coefficient (Wildman–Crippen LogP) is 3.73. The van der Waals surface area contributed by atoms with E-state index in [2.05, 4.69) is 20.9 Å². The minimum atomic E-state index is -0.309. The largest absolute Gasteiger partial charge is 0.299 e. The molecule has 0 fully saturated rings. The Bertz CT molecular complexity index is 572. The molecule has 19 heavy (non-hydrogen) atoms. The number of Topliss-reactive ketones (excluding diaryl/α,β-unsaturated/α-hetero) is 1. The molecule has 0 bridgehead atoms. The predicted molar refractivity (Wildman–Crippen MR) is 75.4 cm³/mol. The normalized spacial score (nSPS) is 10.4. The number of nitrogens with zero attached hydrogens (tertiary/aromatic N) is 1. The second kappa shape index (κ2) is 6.57. The summed E-state index contributed by atoms with van der Waals surface area (Å²) in [4.78, 5) is 16.1. The Morgan fingerprint density at radius 1 is 1.26 bits per heavy atom. The third-order valence-corrected chi connectivity index (χ3v) is 3.53. The molecule has 0 unspecified atom stereocenters. The maximum absolute atomic E-state index is 12.9. The van der Waals surface area contributed by atoms with Gasteiger partial charge in [0.15, 0.2) is 0 Å². The highest BCUT2D eigenvalue weighted by Gasteiger charge is 2.08. The van der Waals surface area contributed by atoms with Crippen LogP contribution in [0.1, 0.15) is 17.7 Å². The van der Waals surface area contributed by atoms with Crippen LogP contribution in [0, 0.1) is 5.82 Å². The maximum Gasteiger partial charge on any atom is 0.137 e.